The number of phenolic OH excluding ortho intramolecular Hbond substituents is 1. The van der Waals surface area contributed by atoms with Gasteiger partial charge in [-0.2, -0.15) is 0 Å². The molecule has 3 rings (SSSR count). The van der Waals surface area contributed by atoms with Gasteiger partial charge in [0, 0.05) is 18.1 Å². The van der Waals surface area contributed by atoms with E-state index in [4.69, 9.17) is 0 Å². The van der Waals surface area contributed by atoms with Crippen LogP contribution < -0.4 is 68.9 Å². The summed E-state index contributed by atoms with van der Waals surface area (Å²) in [6.07, 6.45) is 0. The zero-order chi connectivity index (χ0) is 13.4. The molecule has 1 aromatic rings. The third-order valence-electron chi connectivity index (χ3n) is 3.39. The maximum absolute atomic E-state index is 13.4. The summed E-state index contributed by atoms with van der Waals surface area (Å²) < 4.78 is 13.4. The van der Waals surface area contributed by atoms with Crippen LogP contribution in [0.15, 0.2) is 23.2 Å². The van der Waals surface area contributed by atoms with Crippen molar-refractivity contribution in [1.82, 2.24) is 4.90 Å². The SMILES string of the molecule is CN1CCSC1C1CSC(c2cccc(F)c2O)=N1.[CH3-].[Cs+]. The van der Waals surface area contributed by atoms with Gasteiger partial charge < -0.3 is 12.5 Å². The fourth-order valence-corrected chi connectivity index (χ4v) is 4.96. The van der Waals surface area contributed by atoms with Crippen molar-refractivity contribution in [2.24, 2.45) is 4.99 Å². The molecule has 0 amide bonds. The van der Waals surface area contributed by atoms with Crippen molar-refractivity contribution >= 4 is 28.6 Å². The van der Waals surface area contributed by atoms with E-state index in [0.717, 1.165) is 23.1 Å². The van der Waals surface area contributed by atoms with Crippen molar-refractivity contribution in [3.05, 3.63) is 37.0 Å². The van der Waals surface area contributed by atoms with Gasteiger partial charge in [0.2, 0.25) is 0 Å². The molecule has 0 aliphatic carbocycles. The van der Waals surface area contributed by atoms with Gasteiger partial charge in [0.25, 0.3) is 0 Å². The van der Waals surface area contributed by atoms with Gasteiger partial charge in [-0.15, -0.1) is 23.5 Å². The third kappa shape index (κ3) is 4.45. The van der Waals surface area contributed by atoms with Crippen molar-refractivity contribution in [2.45, 2.75) is 11.4 Å². The van der Waals surface area contributed by atoms with Crippen molar-refractivity contribution in [2.75, 3.05) is 25.1 Å². The number of para-hydroxylation sites is 1. The molecule has 2 aliphatic heterocycles. The molecule has 21 heavy (non-hydrogen) atoms. The Morgan fingerprint density at radius 1 is 1.43 bits per heavy atom. The van der Waals surface area contributed by atoms with Crippen LogP contribution in [0, 0.1) is 13.2 Å². The summed E-state index contributed by atoms with van der Waals surface area (Å²) >= 11 is 3.52. The maximum Gasteiger partial charge on any atom is 1.00 e. The number of halogens is 1. The first kappa shape index (κ1) is 20.4. The fraction of sp³-hybridized carbons (Fsp3) is 0.429. The third-order valence-corrected chi connectivity index (χ3v) is 5.93. The summed E-state index contributed by atoms with van der Waals surface area (Å²) in [5.74, 6) is 1.16. The van der Waals surface area contributed by atoms with Crippen LogP contribution in [-0.4, -0.2) is 51.6 Å². The van der Waals surface area contributed by atoms with Crippen LogP contribution in [0.3, 0.4) is 0 Å². The molecule has 0 spiro atoms. The number of benzene rings is 1. The summed E-state index contributed by atoms with van der Waals surface area (Å²) in [4.78, 5) is 7.00. The van der Waals surface area contributed by atoms with E-state index in [1.54, 1.807) is 23.9 Å². The molecule has 2 atom stereocenters. The molecule has 1 aromatic carbocycles. The molecular weight excluding hydrogens is 428 g/mol. The van der Waals surface area contributed by atoms with E-state index >= 15 is 0 Å². The summed E-state index contributed by atoms with van der Waals surface area (Å²) in [6, 6.07) is 4.81. The second kappa shape index (κ2) is 8.98. The molecule has 0 saturated carbocycles. The summed E-state index contributed by atoms with van der Waals surface area (Å²) in [7, 11) is 2.11. The number of aliphatic imine (C=N–C) groups is 1. The molecule has 7 heteroatoms. The average Bonchev–Trinajstić information content (AvgIpc) is 3.01. The Balaban J connectivity index is 0.00000110. The molecule has 1 N–H and O–H groups in total. The standard InChI is InChI=1S/C13H15FN2OS2.CH3.Cs/c1-16-5-6-18-13(16)10-7-19-12(15-10)8-3-2-4-9(14)11(8)17;;/h2-4,10,13,17H,5-7H2,1H3;1H3;/q;-1;+1. The van der Waals surface area contributed by atoms with Crippen LogP contribution in [0.5, 0.6) is 5.75 Å². The van der Waals surface area contributed by atoms with E-state index in [9.17, 15) is 9.50 Å². The Hall–Kier alpha value is 1.33. The number of thioether (sulfide) groups is 2. The Morgan fingerprint density at radius 3 is 2.86 bits per heavy atom. The predicted molar refractivity (Wildman–Crippen MR) is 86.1 cm³/mol. The van der Waals surface area contributed by atoms with Crippen molar-refractivity contribution < 1.29 is 78.4 Å². The molecule has 2 unspecified atom stereocenters. The van der Waals surface area contributed by atoms with Gasteiger partial charge in [0.05, 0.1) is 17.0 Å². The molecule has 0 bridgehead atoms. The zero-order valence-corrected chi connectivity index (χ0v) is 20.5. The largest absolute Gasteiger partial charge is 1.00 e. The first-order valence-corrected chi connectivity index (χ1v) is 8.20. The molecule has 110 valence electrons. The van der Waals surface area contributed by atoms with Crippen LogP contribution in [0.1, 0.15) is 5.56 Å². The van der Waals surface area contributed by atoms with E-state index in [1.165, 1.54) is 6.07 Å². The number of aromatic hydroxyl groups is 1. The zero-order valence-electron chi connectivity index (χ0n) is 12.5. The smallest absolute Gasteiger partial charge is 0.504 e. The summed E-state index contributed by atoms with van der Waals surface area (Å²) in [5.41, 5.74) is 0.512. The van der Waals surface area contributed by atoms with E-state index in [1.807, 2.05) is 11.8 Å². The second-order valence-corrected chi connectivity index (χ2v) is 6.92. The molecule has 2 aliphatic rings. The first-order chi connectivity index (χ1) is 9.16. The van der Waals surface area contributed by atoms with Gasteiger partial charge >= 0.3 is 68.9 Å². The van der Waals surface area contributed by atoms with Gasteiger partial charge in [-0.1, -0.05) is 6.07 Å². The minimum absolute atomic E-state index is 0. The van der Waals surface area contributed by atoms with Gasteiger partial charge in [0.1, 0.15) is 5.04 Å². The van der Waals surface area contributed by atoms with Crippen LogP contribution in [-0.2, 0) is 0 Å². The maximum atomic E-state index is 13.4. The Kier molecular flexibility index (Phi) is 8.72. The fourth-order valence-electron chi connectivity index (χ4n) is 2.35. The molecule has 1 saturated heterocycles. The van der Waals surface area contributed by atoms with Crippen molar-refractivity contribution in [3.63, 3.8) is 0 Å². The molecule has 0 radical (unpaired) electrons. The minimum Gasteiger partial charge on any atom is -0.504 e. The molecular formula is C14H18CsFN2OS2. The number of hydrogen-bond donors (Lipinski definition) is 1. The topological polar surface area (TPSA) is 35.8 Å². The molecule has 3 nitrogen and oxygen atoms in total. The predicted octanol–water partition coefficient (Wildman–Crippen LogP) is -0.148. The molecule has 2 heterocycles. The Morgan fingerprint density at radius 2 is 2.19 bits per heavy atom. The van der Waals surface area contributed by atoms with Gasteiger partial charge in [-0.25, -0.2) is 4.39 Å². The number of rotatable bonds is 2. The quantitative estimate of drug-likeness (QED) is 0.642. The van der Waals surface area contributed by atoms with E-state index < -0.39 is 5.82 Å². The summed E-state index contributed by atoms with van der Waals surface area (Å²) in [6.45, 7) is 1.09. The number of hydrogen-bond acceptors (Lipinski definition) is 5. The van der Waals surface area contributed by atoms with Crippen molar-refractivity contribution in [3.8, 4) is 5.75 Å². The summed E-state index contributed by atoms with van der Waals surface area (Å²) in [5, 5.41) is 10.9. The van der Waals surface area contributed by atoms with Gasteiger partial charge in [-0.05, 0) is 19.2 Å². The molecule has 0 aromatic heterocycles. The van der Waals surface area contributed by atoms with Crippen LogP contribution in [0.25, 0.3) is 0 Å². The van der Waals surface area contributed by atoms with Crippen LogP contribution >= 0.6 is 23.5 Å². The first-order valence-electron chi connectivity index (χ1n) is 6.17. The van der Waals surface area contributed by atoms with E-state index in [-0.39, 0.29) is 88.1 Å². The monoisotopic (exact) mass is 446 g/mol. The minimum atomic E-state index is -0.586. The van der Waals surface area contributed by atoms with E-state index in [2.05, 4.69) is 16.9 Å². The second-order valence-electron chi connectivity index (χ2n) is 4.69. The van der Waals surface area contributed by atoms with Crippen molar-refractivity contribution in [1.29, 1.82) is 0 Å². The number of phenols is 1. The van der Waals surface area contributed by atoms with Crippen LogP contribution in [0.2, 0.25) is 0 Å². The van der Waals surface area contributed by atoms with Crippen LogP contribution in [0.4, 0.5) is 4.39 Å². The number of nitrogens with zero attached hydrogens (tertiary/aromatic N) is 2. The van der Waals surface area contributed by atoms with Gasteiger partial charge in [0.15, 0.2) is 11.6 Å². The van der Waals surface area contributed by atoms with Gasteiger partial charge in [-0.3, -0.25) is 9.89 Å². The Bertz CT molecular complexity index is 530. The normalized spacial score (nSPS) is 25.1. The number of likely N-dealkylation sites (N-methyl/N-ethyl adjacent to an activating group) is 1. The Labute approximate surface area is 193 Å². The molecule has 1 fully saturated rings. The van der Waals surface area contributed by atoms with E-state index in [0.29, 0.717) is 10.9 Å². The average molecular weight is 446 g/mol.